The number of nitrogens with zero attached hydrogens (tertiary/aromatic N) is 4. The molecule has 1 saturated heterocycles. The molecule has 1 N–H and O–H groups in total. The van der Waals surface area contributed by atoms with Crippen LogP contribution >= 0.6 is 0 Å². The van der Waals surface area contributed by atoms with E-state index in [4.69, 9.17) is 0 Å². The van der Waals surface area contributed by atoms with Crippen LogP contribution in [-0.2, 0) is 13.6 Å². The molecule has 0 bridgehead atoms. The van der Waals surface area contributed by atoms with E-state index >= 15 is 0 Å². The van der Waals surface area contributed by atoms with Gasteiger partial charge < -0.3 is 10.2 Å². The van der Waals surface area contributed by atoms with E-state index in [-0.39, 0.29) is 0 Å². The Morgan fingerprint density at radius 3 is 2.81 bits per heavy atom. The minimum absolute atomic E-state index is 0.509. The first-order chi connectivity index (χ1) is 7.75. The van der Waals surface area contributed by atoms with Gasteiger partial charge in [0.25, 0.3) is 0 Å². The third kappa shape index (κ3) is 3.02. The van der Waals surface area contributed by atoms with Gasteiger partial charge in [-0.1, -0.05) is 0 Å². The molecule has 90 valence electrons. The Morgan fingerprint density at radius 2 is 2.19 bits per heavy atom. The summed E-state index contributed by atoms with van der Waals surface area (Å²) in [5.41, 5.74) is 0. The second-order valence-electron chi connectivity index (χ2n) is 4.59. The molecule has 2 rings (SSSR count). The van der Waals surface area contributed by atoms with E-state index in [0.29, 0.717) is 6.04 Å². The van der Waals surface area contributed by atoms with E-state index in [1.807, 2.05) is 11.7 Å². The zero-order valence-electron chi connectivity index (χ0n) is 10.2. The maximum absolute atomic E-state index is 4.20. The maximum atomic E-state index is 4.20. The molecule has 1 aromatic rings. The number of hydrogen-bond donors (Lipinski definition) is 1. The van der Waals surface area contributed by atoms with Gasteiger partial charge in [-0.3, -0.25) is 4.68 Å². The Bertz CT molecular complexity index is 316. The van der Waals surface area contributed by atoms with Crippen LogP contribution in [0.25, 0.3) is 0 Å². The Hall–Kier alpha value is -0.940. The summed E-state index contributed by atoms with van der Waals surface area (Å²) < 4.78 is 1.82. The van der Waals surface area contributed by atoms with Crippen molar-refractivity contribution >= 4 is 0 Å². The lowest BCUT2D eigenvalue weighted by molar-refractivity contribution is 0.297. The van der Waals surface area contributed by atoms with E-state index in [1.54, 1.807) is 6.33 Å². The first kappa shape index (κ1) is 11.5. The summed E-state index contributed by atoms with van der Waals surface area (Å²) in [5, 5.41) is 7.54. The van der Waals surface area contributed by atoms with Gasteiger partial charge in [-0.05, 0) is 32.9 Å². The van der Waals surface area contributed by atoms with Crippen molar-refractivity contribution in [1.82, 2.24) is 25.0 Å². The van der Waals surface area contributed by atoms with Crippen molar-refractivity contribution < 1.29 is 0 Å². The zero-order valence-corrected chi connectivity index (χ0v) is 10.2. The minimum atomic E-state index is 0.509. The Kier molecular flexibility index (Phi) is 3.90. The summed E-state index contributed by atoms with van der Waals surface area (Å²) >= 11 is 0. The molecular weight excluding hydrogens is 202 g/mol. The molecule has 0 aliphatic carbocycles. The zero-order chi connectivity index (χ0) is 11.4. The summed E-state index contributed by atoms with van der Waals surface area (Å²) in [6, 6.07) is 0.509. The van der Waals surface area contributed by atoms with E-state index < -0.39 is 0 Å². The summed E-state index contributed by atoms with van der Waals surface area (Å²) in [7, 11) is 1.93. The number of nitrogens with one attached hydrogen (secondary N) is 1. The van der Waals surface area contributed by atoms with Gasteiger partial charge in [-0.15, -0.1) is 0 Å². The lowest BCUT2D eigenvalue weighted by atomic mass is 10.3. The molecule has 0 radical (unpaired) electrons. The first-order valence-electron chi connectivity index (χ1n) is 6.04. The number of aryl methyl sites for hydroxylation is 1. The van der Waals surface area contributed by atoms with Gasteiger partial charge in [0, 0.05) is 19.6 Å². The standard InChI is InChI=1S/C11H21N5/c1-10(8-16-5-3-4-6-16)12-7-11-13-9-14-15(11)2/h9-10,12H,3-8H2,1-2H3. The molecule has 1 aliphatic heterocycles. The first-order valence-corrected chi connectivity index (χ1v) is 6.04. The highest BCUT2D eigenvalue weighted by atomic mass is 15.3. The quantitative estimate of drug-likeness (QED) is 0.784. The molecule has 16 heavy (non-hydrogen) atoms. The molecular formula is C11H21N5. The molecule has 0 aromatic carbocycles. The third-order valence-electron chi connectivity index (χ3n) is 3.14. The average Bonchev–Trinajstić information content (AvgIpc) is 2.87. The average molecular weight is 223 g/mol. The Labute approximate surface area is 96.8 Å². The molecule has 0 spiro atoms. The largest absolute Gasteiger partial charge is 0.306 e. The van der Waals surface area contributed by atoms with Crippen molar-refractivity contribution in [3.05, 3.63) is 12.2 Å². The van der Waals surface area contributed by atoms with Gasteiger partial charge in [-0.2, -0.15) is 5.10 Å². The lowest BCUT2D eigenvalue weighted by Gasteiger charge is -2.20. The number of hydrogen-bond acceptors (Lipinski definition) is 4. The van der Waals surface area contributed by atoms with E-state index in [0.717, 1.165) is 18.9 Å². The van der Waals surface area contributed by atoms with Crippen LogP contribution in [0.3, 0.4) is 0 Å². The van der Waals surface area contributed by atoms with Crippen LogP contribution in [0, 0.1) is 0 Å². The van der Waals surface area contributed by atoms with Crippen LogP contribution < -0.4 is 5.32 Å². The fourth-order valence-corrected chi connectivity index (χ4v) is 2.16. The fourth-order valence-electron chi connectivity index (χ4n) is 2.16. The van der Waals surface area contributed by atoms with E-state index in [1.165, 1.54) is 25.9 Å². The van der Waals surface area contributed by atoms with E-state index in [2.05, 4.69) is 27.2 Å². The van der Waals surface area contributed by atoms with Gasteiger partial charge in [0.1, 0.15) is 12.2 Å². The maximum Gasteiger partial charge on any atom is 0.140 e. The predicted octanol–water partition coefficient (Wildman–Crippen LogP) is 0.389. The topological polar surface area (TPSA) is 46.0 Å². The summed E-state index contributed by atoms with van der Waals surface area (Å²) in [6.45, 7) is 6.68. The predicted molar refractivity (Wildman–Crippen MR) is 63.0 cm³/mol. The number of aromatic nitrogens is 3. The summed E-state index contributed by atoms with van der Waals surface area (Å²) in [6.07, 6.45) is 4.31. The monoisotopic (exact) mass is 223 g/mol. The molecule has 5 nitrogen and oxygen atoms in total. The normalized spacial score (nSPS) is 19.1. The van der Waals surface area contributed by atoms with Crippen molar-refractivity contribution in [3.63, 3.8) is 0 Å². The van der Waals surface area contributed by atoms with Gasteiger partial charge in [-0.25, -0.2) is 4.98 Å². The van der Waals surface area contributed by atoms with Crippen LogP contribution in [0.1, 0.15) is 25.6 Å². The molecule has 5 heteroatoms. The number of likely N-dealkylation sites (tertiary alicyclic amines) is 1. The Balaban J connectivity index is 1.71. The van der Waals surface area contributed by atoms with Crippen molar-refractivity contribution in [2.24, 2.45) is 7.05 Å². The molecule has 2 heterocycles. The molecule has 1 atom stereocenters. The fraction of sp³-hybridized carbons (Fsp3) is 0.818. The van der Waals surface area contributed by atoms with Gasteiger partial charge in [0.05, 0.1) is 6.54 Å². The van der Waals surface area contributed by atoms with E-state index in [9.17, 15) is 0 Å². The molecule has 0 saturated carbocycles. The second-order valence-corrected chi connectivity index (χ2v) is 4.59. The molecule has 0 amide bonds. The van der Waals surface area contributed by atoms with Gasteiger partial charge >= 0.3 is 0 Å². The van der Waals surface area contributed by atoms with Crippen LogP contribution in [0.5, 0.6) is 0 Å². The molecule has 1 unspecified atom stereocenters. The summed E-state index contributed by atoms with van der Waals surface area (Å²) in [4.78, 5) is 6.72. The highest BCUT2D eigenvalue weighted by molar-refractivity contribution is 4.83. The Morgan fingerprint density at radius 1 is 1.44 bits per heavy atom. The van der Waals surface area contributed by atoms with Crippen LogP contribution in [0.15, 0.2) is 6.33 Å². The molecule has 1 fully saturated rings. The highest BCUT2D eigenvalue weighted by Gasteiger charge is 2.14. The van der Waals surface area contributed by atoms with Crippen LogP contribution in [0.4, 0.5) is 0 Å². The second kappa shape index (κ2) is 5.41. The number of rotatable bonds is 5. The molecule has 1 aliphatic rings. The molecule has 1 aromatic heterocycles. The summed E-state index contributed by atoms with van der Waals surface area (Å²) in [5.74, 6) is 0.994. The smallest absolute Gasteiger partial charge is 0.140 e. The SMILES string of the molecule is CC(CN1CCCC1)NCc1ncnn1C. The van der Waals surface area contributed by atoms with Gasteiger partial charge in [0.2, 0.25) is 0 Å². The highest BCUT2D eigenvalue weighted by Crippen LogP contribution is 2.07. The van der Waals surface area contributed by atoms with Crippen molar-refractivity contribution in [3.8, 4) is 0 Å². The van der Waals surface area contributed by atoms with Crippen molar-refractivity contribution in [1.29, 1.82) is 0 Å². The van der Waals surface area contributed by atoms with Crippen molar-refractivity contribution in [2.45, 2.75) is 32.4 Å². The lowest BCUT2D eigenvalue weighted by Crippen LogP contribution is -2.38. The van der Waals surface area contributed by atoms with Crippen LogP contribution in [-0.4, -0.2) is 45.3 Å². The minimum Gasteiger partial charge on any atom is -0.306 e. The third-order valence-corrected chi connectivity index (χ3v) is 3.14. The van der Waals surface area contributed by atoms with Gasteiger partial charge in [0.15, 0.2) is 0 Å². The van der Waals surface area contributed by atoms with Crippen LogP contribution in [0.2, 0.25) is 0 Å². The van der Waals surface area contributed by atoms with Crippen molar-refractivity contribution in [2.75, 3.05) is 19.6 Å².